The van der Waals surface area contributed by atoms with Crippen molar-refractivity contribution in [3.8, 4) is 0 Å². The average Bonchev–Trinajstić information content (AvgIpc) is 3.15. The number of hydrogen-bond acceptors (Lipinski definition) is 4. The molecule has 0 aliphatic heterocycles. The van der Waals surface area contributed by atoms with Gasteiger partial charge in [0, 0.05) is 36.7 Å². The fraction of sp³-hybridized carbons (Fsp3) is 0.158. The number of benzene rings is 2. The van der Waals surface area contributed by atoms with Gasteiger partial charge >= 0.3 is 0 Å². The Morgan fingerprint density at radius 2 is 1.96 bits per heavy atom. The standard InChI is InChI=1S/C19H20N4O3S/c1-2-21-27(25,26)18-8-4-6-16(12-18)19(24)22-17-7-3-5-15(11-17)13-23-10-9-20-14-23/h3-12,14,21H,2,13H2,1H3,(H,22,24). The predicted molar refractivity (Wildman–Crippen MR) is 103 cm³/mol. The fourth-order valence-electron chi connectivity index (χ4n) is 2.62. The molecular weight excluding hydrogens is 364 g/mol. The molecular formula is C19H20N4O3S. The molecule has 140 valence electrons. The van der Waals surface area contributed by atoms with Crippen LogP contribution in [0, 0.1) is 0 Å². The summed E-state index contributed by atoms with van der Waals surface area (Å²) in [7, 11) is -3.61. The molecule has 0 spiro atoms. The van der Waals surface area contributed by atoms with Crippen molar-refractivity contribution in [1.29, 1.82) is 0 Å². The molecule has 0 atom stereocenters. The minimum atomic E-state index is -3.61. The van der Waals surface area contributed by atoms with Gasteiger partial charge < -0.3 is 9.88 Å². The molecule has 1 amide bonds. The fourth-order valence-corrected chi connectivity index (χ4v) is 3.71. The van der Waals surface area contributed by atoms with Crippen LogP contribution in [0.1, 0.15) is 22.8 Å². The van der Waals surface area contributed by atoms with Crippen molar-refractivity contribution in [1.82, 2.24) is 14.3 Å². The third-order valence-corrected chi connectivity index (χ3v) is 5.39. The van der Waals surface area contributed by atoms with Crippen LogP contribution in [0.4, 0.5) is 5.69 Å². The monoisotopic (exact) mass is 384 g/mol. The van der Waals surface area contributed by atoms with E-state index < -0.39 is 10.0 Å². The number of nitrogens with zero attached hydrogens (tertiary/aromatic N) is 2. The highest BCUT2D eigenvalue weighted by molar-refractivity contribution is 7.89. The van der Waals surface area contributed by atoms with E-state index in [4.69, 9.17) is 0 Å². The van der Waals surface area contributed by atoms with Crippen LogP contribution in [0.15, 0.2) is 72.1 Å². The Kier molecular flexibility index (Phi) is 5.68. The Bertz CT molecular complexity index is 1030. The molecule has 27 heavy (non-hydrogen) atoms. The van der Waals surface area contributed by atoms with E-state index in [-0.39, 0.29) is 22.9 Å². The maximum Gasteiger partial charge on any atom is 0.255 e. The molecule has 0 saturated heterocycles. The first-order valence-electron chi connectivity index (χ1n) is 8.44. The number of sulfonamides is 1. The smallest absolute Gasteiger partial charge is 0.255 e. The number of carbonyl (C=O) groups is 1. The van der Waals surface area contributed by atoms with Crippen molar-refractivity contribution < 1.29 is 13.2 Å². The molecule has 0 fully saturated rings. The van der Waals surface area contributed by atoms with Gasteiger partial charge in [0.1, 0.15) is 0 Å². The van der Waals surface area contributed by atoms with E-state index in [9.17, 15) is 13.2 Å². The lowest BCUT2D eigenvalue weighted by molar-refractivity contribution is 0.102. The summed E-state index contributed by atoms with van der Waals surface area (Å²) >= 11 is 0. The molecule has 8 heteroatoms. The highest BCUT2D eigenvalue weighted by Crippen LogP contribution is 2.16. The van der Waals surface area contributed by atoms with Crippen LogP contribution in [0.25, 0.3) is 0 Å². The Morgan fingerprint density at radius 1 is 1.15 bits per heavy atom. The second-order valence-electron chi connectivity index (χ2n) is 5.92. The summed E-state index contributed by atoms with van der Waals surface area (Å²) in [6, 6.07) is 13.4. The van der Waals surface area contributed by atoms with Crippen molar-refractivity contribution >= 4 is 21.6 Å². The van der Waals surface area contributed by atoms with Crippen LogP contribution in [0.3, 0.4) is 0 Å². The highest BCUT2D eigenvalue weighted by atomic mass is 32.2. The number of hydrogen-bond donors (Lipinski definition) is 2. The first-order valence-corrected chi connectivity index (χ1v) is 9.92. The van der Waals surface area contributed by atoms with Gasteiger partial charge in [0.15, 0.2) is 0 Å². The van der Waals surface area contributed by atoms with Gasteiger partial charge in [0.2, 0.25) is 10.0 Å². The number of imidazole rings is 1. The van der Waals surface area contributed by atoms with Gasteiger partial charge in [0.05, 0.1) is 11.2 Å². The van der Waals surface area contributed by atoms with Crippen LogP contribution in [0.5, 0.6) is 0 Å². The van der Waals surface area contributed by atoms with Gasteiger partial charge in [-0.15, -0.1) is 0 Å². The van der Waals surface area contributed by atoms with Crippen LogP contribution < -0.4 is 10.0 Å². The molecule has 2 N–H and O–H groups in total. The summed E-state index contributed by atoms with van der Waals surface area (Å²) < 4.78 is 28.6. The lowest BCUT2D eigenvalue weighted by Gasteiger charge is -2.10. The van der Waals surface area contributed by atoms with Gasteiger partial charge in [-0.1, -0.05) is 25.1 Å². The zero-order valence-electron chi connectivity index (χ0n) is 14.8. The molecule has 0 bridgehead atoms. The van der Waals surface area contributed by atoms with Crippen LogP contribution >= 0.6 is 0 Å². The summed E-state index contributed by atoms with van der Waals surface area (Å²) in [5.41, 5.74) is 1.92. The third-order valence-electron chi connectivity index (χ3n) is 3.85. The van der Waals surface area contributed by atoms with E-state index >= 15 is 0 Å². The molecule has 0 aliphatic carbocycles. The van der Waals surface area contributed by atoms with Crippen LogP contribution in [-0.4, -0.2) is 30.4 Å². The maximum atomic E-state index is 12.5. The number of anilines is 1. The molecule has 2 aromatic carbocycles. The molecule has 3 rings (SSSR count). The Hall–Kier alpha value is -2.97. The Morgan fingerprint density at radius 3 is 2.70 bits per heavy atom. The van der Waals surface area contributed by atoms with Crippen molar-refractivity contribution in [3.63, 3.8) is 0 Å². The lowest BCUT2D eigenvalue weighted by Crippen LogP contribution is -2.23. The average molecular weight is 384 g/mol. The summed E-state index contributed by atoms with van der Waals surface area (Å²) in [5, 5.41) is 2.81. The van der Waals surface area contributed by atoms with Crippen LogP contribution in [0.2, 0.25) is 0 Å². The summed E-state index contributed by atoms with van der Waals surface area (Å²) in [5.74, 6) is -0.372. The maximum absolute atomic E-state index is 12.5. The molecule has 7 nitrogen and oxygen atoms in total. The number of aromatic nitrogens is 2. The second-order valence-corrected chi connectivity index (χ2v) is 7.69. The number of amides is 1. The quantitative estimate of drug-likeness (QED) is 0.654. The van der Waals surface area contributed by atoms with Gasteiger partial charge in [-0.05, 0) is 35.9 Å². The van der Waals surface area contributed by atoms with E-state index in [1.54, 1.807) is 37.6 Å². The highest BCUT2D eigenvalue weighted by Gasteiger charge is 2.15. The topological polar surface area (TPSA) is 93.1 Å². The minimum absolute atomic E-state index is 0.0610. The molecule has 0 saturated carbocycles. The molecule has 1 heterocycles. The van der Waals surface area contributed by atoms with E-state index in [1.165, 1.54) is 12.1 Å². The van der Waals surface area contributed by atoms with Gasteiger partial charge in [-0.3, -0.25) is 4.79 Å². The largest absolute Gasteiger partial charge is 0.333 e. The summed E-state index contributed by atoms with van der Waals surface area (Å²) in [4.78, 5) is 16.6. The van der Waals surface area contributed by atoms with Crippen molar-refractivity contribution in [2.75, 3.05) is 11.9 Å². The predicted octanol–water partition coefficient (Wildman–Crippen LogP) is 2.48. The molecule has 0 radical (unpaired) electrons. The van der Waals surface area contributed by atoms with Crippen molar-refractivity contribution in [2.45, 2.75) is 18.4 Å². The van der Waals surface area contributed by atoms with Crippen molar-refractivity contribution in [3.05, 3.63) is 78.4 Å². The Balaban J connectivity index is 1.76. The first-order chi connectivity index (χ1) is 13.0. The lowest BCUT2D eigenvalue weighted by atomic mass is 10.1. The van der Waals surface area contributed by atoms with E-state index in [0.717, 1.165) is 5.56 Å². The van der Waals surface area contributed by atoms with Crippen molar-refractivity contribution in [2.24, 2.45) is 0 Å². The van der Waals surface area contributed by atoms with Gasteiger partial charge in [-0.2, -0.15) is 0 Å². The number of nitrogens with one attached hydrogen (secondary N) is 2. The zero-order chi connectivity index (χ0) is 19.3. The minimum Gasteiger partial charge on any atom is -0.333 e. The Labute approximate surface area is 158 Å². The summed E-state index contributed by atoms with van der Waals surface area (Å²) in [6.07, 6.45) is 5.29. The molecule has 3 aromatic rings. The van der Waals surface area contributed by atoms with E-state index in [1.807, 2.05) is 29.0 Å². The van der Waals surface area contributed by atoms with Gasteiger partial charge in [0.25, 0.3) is 5.91 Å². The van der Waals surface area contributed by atoms with Crippen LogP contribution in [-0.2, 0) is 16.6 Å². The first kappa shape index (κ1) is 18.8. The molecule has 0 unspecified atom stereocenters. The molecule has 1 aromatic heterocycles. The number of rotatable bonds is 7. The third kappa shape index (κ3) is 4.81. The van der Waals surface area contributed by atoms with E-state index in [2.05, 4.69) is 15.0 Å². The molecule has 0 aliphatic rings. The normalized spacial score (nSPS) is 11.3. The SMILES string of the molecule is CCNS(=O)(=O)c1cccc(C(=O)Nc2cccc(Cn3ccnc3)c2)c1. The summed E-state index contributed by atoms with van der Waals surface area (Å²) in [6.45, 7) is 2.62. The zero-order valence-corrected chi connectivity index (χ0v) is 15.6. The second kappa shape index (κ2) is 8.15. The van der Waals surface area contributed by atoms with E-state index in [0.29, 0.717) is 12.2 Å². The number of carbonyl (C=O) groups excluding carboxylic acids is 1. The van der Waals surface area contributed by atoms with Gasteiger partial charge in [-0.25, -0.2) is 18.1 Å².